The van der Waals surface area contributed by atoms with Gasteiger partial charge in [-0.25, -0.2) is 0 Å². The molecule has 174 valence electrons. The van der Waals surface area contributed by atoms with E-state index in [4.69, 9.17) is 34.5 Å². The van der Waals surface area contributed by atoms with Crippen molar-refractivity contribution in [2.75, 3.05) is 28.4 Å². The predicted molar refractivity (Wildman–Crippen MR) is 121 cm³/mol. The van der Waals surface area contributed by atoms with Crippen LogP contribution in [0.2, 0.25) is 0 Å². The van der Waals surface area contributed by atoms with Crippen molar-refractivity contribution >= 4 is 36.5 Å². The number of carboxylic acids is 1. The monoisotopic (exact) mass is 467 g/mol. The van der Waals surface area contributed by atoms with Gasteiger partial charge in [0.15, 0.2) is 23.0 Å². The summed E-state index contributed by atoms with van der Waals surface area (Å²) < 4.78 is 26.5. The molecule has 1 unspecified atom stereocenters. The molecule has 0 aliphatic rings. The van der Waals surface area contributed by atoms with Crippen molar-refractivity contribution in [1.29, 1.82) is 0 Å². The van der Waals surface area contributed by atoms with Gasteiger partial charge in [-0.15, -0.1) is 12.4 Å². The maximum atomic E-state index is 12.0. The van der Waals surface area contributed by atoms with Gasteiger partial charge in [-0.2, -0.15) is 0 Å². The van der Waals surface area contributed by atoms with E-state index in [1.54, 1.807) is 36.4 Å². The Morgan fingerprint density at radius 3 is 1.91 bits per heavy atom. The first-order valence-electron chi connectivity index (χ1n) is 9.18. The molecule has 0 saturated carbocycles. The zero-order valence-corrected chi connectivity index (χ0v) is 18.9. The van der Waals surface area contributed by atoms with Gasteiger partial charge in [0.1, 0.15) is 6.04 Å². The molecule has 9 nitrogen and oxygen atoms in total. The number of halogens is 1. The van der Waals surface area contributed by atoms with Gasteiger partial charge < -0.3 is 34.5 Å². The second-order valence-corrected chi connectivity index (χ2v) is 6.33. The second-order valence-electron chi connectivity index (χ2n) is 6.33. The van der Waals surface area contributed by atoms with Crippen molar-refractivity contribution in [3.8, 4) is 28.7 Å². The molecule has 0 heterocycles. The van der Waals surface area contributed by atoms with Crippen molar-refractivity contribution in [3.05, 3.63) is 41.5 Å². The zero-order valence-electron chi connectivity index (χ0n) is 18.1. The number of aliphatic carboxylic acids is 1. The van der Waals surface area contributed by atoms with E-state index in [1.165, 1.54) is 28.4 Å². The Balaban J connectivity index is 0.00000512. The number of methoxy groups -OCH3 is 4. The average Bonchev–Trinajstić information content (AvgIpc) is 2.76. The largest absolute Gasteiger partial charge is 0.493 e. The summed E-state index contributed by atoms with van der Waals surface area (Å²) >= 11 is 0. The molecule has 0 aliphatic heterocycles. The summed E-state index contributed by atoms with van der Waals surface area (Å²) in [6.45, 7) is 0. The summed E-state index contributed by atoms with van der Waals surface area (Å²) in [4.78, 5) is 22.8. The molecule has 2 rings (SSSR count). The van der Waals surface area contributed by atoms with Crippen LogP contribution in [0.15, 0.2) is 30.3 Å². The summed E-state index contributed by atoms with van der Waals surface area (Å²) in [5, 5.41) is 8.84. The summed E-state index contributed by atoms with van der Waals surface area (Å²) in [7, 11) is 6.02. The number of benzene rings is 2. The molecule has 0 spiro atoms. The fourth-order valence-electron chi connectivity index (χ4n) is 2.70. The van der Waals surface area contributed by atoms with Gasteiger partial charge in [0, 0.05) is 0 Å². The summed E-state index contributed by atoms with van der Waals surface area (Å²) in [5.74, 6) is -0.0779. The minimum absolute atomic E-state index is 0. The molecule has 0 saturated heterocycles. The summed E-state index contributed by atoms with van der Waals surface area (Å²) in [5.41, 5.74) is 6.88. The Kier molecular flexibility index (Phi) is 10.3. The van der Waals surface area contributed by atoms with E-state index in [9.17, 15) is 9.59 Å². The minimum atomic E-state index is -1.35. The van der Waals surface area contributed by atoms with Crippen LogP contribution < -0.4 is 29.4 Å². The molecule has 3 N–H and O–H groups in total. The molecule has 1 atom stereocenters. The highest BCUT2D eigenvalue weighted by atomic mass is 35.5. The SMILES string of the molecule is COc1ccc(/C=C\c2cc(OC)c(OC)c(OC)c2)cc1OC(=O)CC(N)C(=O)O.Cl. The number of hydrogen-bond acceptors (Lipinski definition) is 8. The molecule has 0 aliphatic carbocycles. The molecule has 0 amide bonds. The van der Waals surface area contributed by atoms with Crippen LogP contribution in [0.5, 0.6) is 28.7 Å². The van der Waals surface area contributed by atoms with E-state index in [-0.39, 0.29) is 18.2 Å². The van der Waals surface area contributed by atoms with Crippen LogP contribution in [0, 0.1) is 0 Å². The van der Waals surface area contributed by atoms with Gasteiger partial charge >= 0.3 is 11.9 Å². The van der Waals surface area contributed by atoms with Crippen LogP contribution in [0.4, 0.5) is 0 Å². The smallest absolute Gasteiger partial charge is 0.321 e. The van der Waals surface area contributed by atoms with Crippen LogP contribution >= 0.6 is 12.4 Å². The molecule has 10 heteroatoms. The van der Waals surface area contributed by atoms with E-state index in [0.29, 0.717) is 28.6 Å². The van der Waals surface area contributed by atoms with Crippen LogP contribution in [0.25, 0.3) is 12.2 Å². The molecule has 2 aromatic carbocycles. The fraction of sp³-hybridized carbons (Fsp3) is 0.273. The number of esters is 1. The van der Waals surface area contributed by atoms with Crippen LogP contribution in [-0.4, -0.2) is 51.5 Å². The Morgan fingerprint density at radius 1 is 0.875 bits per heavy atom. The van der Waals surface area contributed by atoms with Crippen molar-refractivity contribution in [1.82, 2.24) is 0 Å². The van der Waals surface area contributed by atoms with Gasteiger partial charge in [-0.1, -0.05) is 18.2 Å². The third kappa shape index (κ3) is 6.79. The first kappa shape index (κ1) is 26.6. The summed E-state index contributed by atoms with van der Waals surface area (Å²) in [6, 6.07) is 7.23. The lowest BCUT2D eigenvalue weighted by atomic mass is 10.1. The topological polar surface area (TPSA) is 127 Å². The van der Waals surface area contributed by atoms with Crippen molar-refractivity contribution in [3.63, 3.8) is 0 Å². The van der Waals surface area contributed by atoms with Crippen molar-refractivity contribution in [2.45, 2.75) is 12.5 Å². The number of hydrogen-bond donors (Lipinski definition) is 2. The predicted octanol–water partition coefficient (Wildman–Crippen LogP) is 3.02. The van der Waals surface area contributed by atoms with Crippen LogP contribution in [0.1, 0.15) is 17.5 Å². The van der Waals surface area contributed by atoms with E-state index in [0.717, 1.165) is 5.56 Å². The minimum Gasteiger partial charge on any atom is -0.493 e. The average molecular weight is 468 g/mol. The van der Waals surface area contributed by atoms with Crippen molar-refractivity contribution < 1.29 is 38.4 Å². The van der Waals surface area contributed by atoms with Gasteiger partial charge in [0.25, 0.3) is 0 Å². The Labute approximate surface area is 192 Å². The quantitative estimate of drug-likeness (QED) is 0.308. The maximum absolute atomic E-state index is 12.0. The number of carbonyl (C=O) groups excluding carboxylic acids is 1. The molecule has 0 aromatic heterocycles. The Hall–Kier alpha value is -3.43. The highest BCUT2D eigenvalue weighted by Gasteiger charge is 2.19. The number of ether oxygens (including phenoxy) is 5. The lowest BCUT2D eigenvalue weighted by Gasteiger charge is -2.13. The maximum Gasteiger partial charge on any atom is 0.321 e. The number of carboxylic acid groups (broad SMARTS) is 1. The lowest BCUT2D eigenvalue weighted by Crippen LogP contribution is -2.33. The third-order valence-electron chi connectivity index (χ3n) is 4.27. The molecule has 0 fully saturated rings. The second kappa shape index (κ2) is 12.4. The summed E-state index contributed by atoms with van der Waals surface area (Å²) in [6.07, 6.45) is 3.14. The van der Waals surface area contributed by atoms with Gasteiger partial charge in [-0.3, -0.25) is 9.59 Å². The van der Waals surface area contributed by atoms with E-state index in [2.05, 4.69) is 0 Å². The Morgan fingerprint density at radius 2 is 1.41 bits per heavy atom. The molecular weight excluding hydrogens is 442 g/mol. The normalized spacial score (nSPS) is 11.3. The lowest BCUT2D eigenvalue weighted by molar-refractivity contribution is -0.143. The third-order valence-corrected chi connectivity index (χ3v) is 4.27. The fourth-order valence-corrected chi connectivity index (χ4v) is 2.70. The van der Waals surface area contributed by atoms with Crippen molar-refractivity contribution in [2.24, 2.45) is 5.73 Å². The first-order chi connectivity index (χ1) is 14.8. The molecule has 2 aromatic rings. The molecular formula is C22H26ClNO8. The van der Waals surface area contributed by atoms with Gasteiger partial charge in [0.2, 0.25) is 5.75 Å². The van der Waals surface area contributed by atoms with E-state index < -0.39 is 24.4 Å². The van der Waals surface area contributed by atoms with Crippen LogP contribution in [-0.2, 0) is 9.59 Å². The molecule has 0 radical (unpaired) electrons. The first-order valence-corrected chi connectivity index (χ1v) is 9.18. The highest BCUT2D eigenvalue weighted by molar-refractivity contribution is 5.85. The zero-order chi connectivity index (χ0) is 23.0. The van der Waals surface area contributed by atoms with Gasteiger partial charge in [-0.05, 0) is 35.4 Å². The number of nitrogens with two attached hydrogens (primary N) is 1. The van der Waals surface area contributed by atoms with Crippen LogP contribution in [0.3, 0.4) is 0 Å². The Bertz CT molecular complexity index is 951. The molecule has 32 heavy (non-hydrogen) atoms. The van der Waals surface area contributed by atoms with E-state index >= 15 is 0 Å². The number of carbonyl (C=O) groups is 2. The highest BCUT2D eigenvalue weighted by Crippen LogP contribution is 2.38. The standard InChI is InChI=1S/C22H25NO8.ClH/c1-27-16-8-7-13(9-17(16)31-20(24)12-15(23)22(25)26)5-6-14-10-18(28-2)21(30-4)19(11-14)29-3;/h5-11,15H,12,23H2,1-4H3,(H,25,26);1H/b6-5-;. The molecule has 0 bridgehead atoms. The van der Waals surface area contributed by atoms with Gasteiger partial charge in [0.05, 0.1) is 34.9 Å². The number of rotatable bonds is 10. The van der Waals surface area contributed by atoms with E-state index in [1.807, 2.05) is 6.08 Å².